The lowest BCUT2D eigenvalue weighted by atomic mass is 10.2. The Labute approximate surface area is 125 Å². The summed E-state index contributed by atoms with van der Waals surface area (Å²) in [4.78, 5) is 33.3. The molecule has 8 heteroatoms. The molecule has 1 amide bonds. The molecule has 1 aromatic rings. The number of nitro groups is 1. The maximum atomic E-state index is 11.7. The molecule has 0 aromatic heterocycles. The highest BCUT2D eigenvalue weighted by atomic mass is 32.2. The summed E-state index contributed by atoms with van der Waals surface area (Å²) in [5.74, 6) is -1.37. The number of carboxylic acids is 1. The van der Waals surface area contributed by atoms with Gasteiger partial charge in [-0.1, -0.05) is 13.3 Å². The Kier molecular flexibility index (Phi) is 6.67. The van der Waals surface area contributed by atoms with Gasteiger partial charge < -0.3 is 10.4 Å². The van der Waals surface area contributed by atoms with Crippen molar-refractivity contribution < 1.29 is 19.6 Å². The highest BCUT2D eigenvalue weighted by molar-refractivity contribution is 8.00. The molecule has 1 atom stereocenters. The lowest BCUT2D eigenvalue weighted by molar-refractivity contribution is -0.384. The number of rotatable bonds is 8. The minimum absolute atomic E-state index is 0.0160. The van der Waals surface area contributed by atoms with E-state index >= 15 is 0 Å². The second-order valence-electron chi connectivity index (χ2n) is 4.29. The SMILES string of the molecule is CCC[C@H](NC(=O)CSc1ccc([N+](=O)[O-])cc1)C(=O)O. The molecule has 0 fully saturated rings. The number of non-ortho nitro benzene ring substituents is 1. The van der Waals surface area contributed by atoms with Crippen molar-refractivity contribution in [2.45, 2.75) is 30.7 Å². The number of aliphatic carboxylic acids is 1. The lowest BCUT2D eigenvalue weighted by Gasteiger charge is -2.13. The summed E-state index contributed by atoms with van der Waals surface area (Å²) < 4.78 is 0. The van der Waals surface area contributed by atoms with E-state index in [1.807, 2.05) is 6.92 Å². The van der Waals surface area contributed by atoms with Crippen LogP contribution < -0.4 is 5.32 Å². The summed E-state index contributed by atoms with van der Waals surface area (Å²) in [7, 11) is 0. The summed E-state index contributed by atoms with van der Waals surface area (Å²) >= 11 is 1.19. The molecule has 0 bridgehead atoms. The monoisotopic (exact) mass is 312 g/mol. The van der Waals surface area contributed by atoms with Crippen molar-refractivity contribution in [3.05, 3.63) is 34.4 Å². The van der Waals surface area contributed by atoms with Gasteiger partial charge in [-0.3, -0.25) is 14.9 Å². The van der Waals surface area contributed by atoms with E-state index in [1.165, 1.54) is 23.9 Å². The van der Waals surface area contributed by atoms with Gasteiger partial charge in [-0.05, 0) is 18.6 Å². The van der Waals surface area contributed by atoms with Crippen molar-refractivity contribution in [2.24, 2.45) is 0 Å². The van der Waals surface area contributed by atoms with Crippen molar-refractivity contribution >= 4 is 29.3 Å². The predicted molar refractivity (Wildman–Crippen MR) is 78.3 cm³/mol. The third kappa shape index (κ3) is 5.82. The third-order valence-corrected chi connectivity index (χ3v) is 3.64. The molecule has 1 rings (SSSR count). The van der Waals surface area contributed by atoms with Gasteiger partial charge in [-0.15, -0.1) is 11.8 Å². The molecule has 7 nitrogen and oxygen atoms in total. The molecule has 0 aliphatic heterocycles. The number of nitrogens with zero attached hydrogens (tertiary/aromatic N) is 1. The number of hydrogen-bond acceptors (Lipinski definition) is 5. The number of benzene rings is 1. The van der Waals surface area contributed by atoms with Gasteiger partial charge in [-0.2, -0.15) is 0 Å². The molecule has 0 unspecified atom stereocenters. The molecular formula is C13H16N2O5S. The lowest BCUT2D eigenvalue weighted by Crippen LogP contribution is -2.41. The van der Waals surface area contributed by atoms with Crippen molar-refractivity contribution in [1.82, 2.24) is 5.32 Å². The summed E-state index contributed by atoms with van der Waals surface area (Å²) in [6.45, 7) is 1.84. The Morgan fingerprint density at radius 1 is 1.38 bits per heavy atom. The molecule has 0 aliphatic carbocycles. The number of carbonyl (C=O) groups is 2. The van der Waals surface area contributed by atoms with E-state index in [1.54, 1.807) is 12.1 Å². The summed E-state index contributed by atoms with van der Waals surface area (Å²) in [5, 5.41) is 21.9. The van der Waals surface area contributed by atoms with E-state index < -0.39 is 16.9 Å². The van der Waals surface area contributed by atoms with Crippen LogP contribution in [0.25, 0.3) is 0 Å². The fourth-order valence-corrected chi connectivity index (χ4v) is 2.30. The second-order valence-corrected chi connectivity index (χ2v) is 5.34. The van der Waals surface area contributed by atoms with Crippen LogP contribution in [0.2, 0.25) is 0 Å². The van der Waals surface area contributed by atoms with Crippen LogP contribution >= 0.6 is 11.8 Å². The number of nitro benzene ring substituents is 1. The molecule has 1 aromatic carbocycles. The zero-order valence-corrected chi connectivity index (χ0v) is 12.3. The maximum Gasteiger partial charge on any atom is 0.326 e. The van der Waals surface area contributed by atoms with Gasteiger partial charge in [0.2, 0.25) is 5.91 Å². The molecular weight excluding hydrogens is 296 g/mol. The van der Waals surface area contributed by atoms with Gasteiger partial charge in [0.1, 0.15) is 6.04 Å². The van der Waals surface area contributed by atoms with Crippen LogP contribution in [-0.2, 0) is 9.59 Å². The normalized spacial score (nSPS) is 11.7. The number of amides is 1. The van der Waals surface area contributed by atoms with Crippen LogP contribution in [-0.4, -0.2) is 33.7 Å². The number of carbonyl (C=O) groups excluding carboxylic acids is 1. The third-order valence-electron chi connectivity index (χ3n) is 2.63. The van der Waals surface area contributed by atoms with E-state index in [2.05, 4.69) is 5.32 Å². The molecule has 0 radical (unpaired) electrons. The quantitative estimate of drug-likeness (QED) is 0.432. The average Bonchev–Trinajstić information content (AvgIpc) is 2.45. The predicted octanol–water partition coefficient (Wildman–Crippen LogP) is 2.06. The van der Waals surface area contributed by atoms with Gasteiger partial charge in [0.05, 0.1) is 10.7 Å². The van der Waals surface area contributed by atoms with E-state index in [9.17, 15) is 19.7 Å². The van der Waals surface area contributed by atoms with Gasteiger partial charge in [0.25, 0.3) is 5.69 Å². The first-order valence-corrected chi connectivity index (χ1v) is 7.32. The fourth-order valence-electron chi connectivity index (χ4n) is 1.60. The molecule has 21 heavy (non-hydrogen) atoms. The standard InChI is InChI=1S/C13H16N2O5S/c1-2-3-11(13(17)18)14-12(16)8-21-10-6-4-9(5-7-10)15(19)20/h4-7,11H,2-3,8H2,1H3,(H,14,16)(H,17,18)/t11-/m0/s1. The highest BCUT2D eigenvalue weighted by Gasteiger charge is 2.18. The largest absolute Gasteiger partial charge is 0.480 e. The molecule has 0 aliphatic rings. The smallest absolute Gasteiger partial charge is 0.326 e. The topological polar surface area (TPSA) is 110 Å². The molecule has 0 saturated carbocycles. The van der Waals surface area contributed by atoms with Gasteiger partial charge in [0, 0.05) is 17.0 Å². The zero-order valence-electron chi connectivity index (χ0n) is 11.4. The maximum absolute atomic E-state index is 11.7. The number of carboxylic acid groups (broad SMARTS) is 1. The Morgan fingerprint density at radius 2 is 2.00 bits per heavy atom. The summed E-state index contributed by atoms with van der Waals surface area (Å²) in [5.41, 5.74) is -0.0160. The number of nitrogens with one attached hydrogen (secondary N) is 1. The highest BCUT2D eigenvalue weighted by Crippen LogP contribution is 2.21. The van der Waals surface area contributed by atoms with E-state index in [-0.39, 0.29) is 17.3 Å². The molecule has 114 valence electrons. The minimum Gasteiger partial charge on any atom is -0.480 e. The van der Waals surface area contributed by atoms with E-state index in [0.29, 0.717) is 17.7 Å². The number of hydrogen-bond donors (Lipinski definition) is 2. The molecule has 2 N–H and O–H groups in total. The summed E-state index contributed by atoms with van der Waals surface area (Å²) in [6.07, 6.45) is 1.04. The van der Waals surface area contributed by atoms with E-state index in [4.69, 9.17) is 5.11 Å². The van der Waals surface area contributed by atoms with Crippen LogP contribution in [0.3, 0.4) is 0 Å². The van der Waals surface area contributed by atoms with Crippen molar-refractivity contribution in [3.63, 3.8) is 0 Å². The van der Waals surface area contributed by atoms with Crippen molar-refractivity contribution in [2.75, 3.05) is 5.75 Å². The Bertz CT molecular complexity index is 518. The number of thioether (sulfide) groups is 1. The van der Waals surface area contributed by atoms with Crippen LogP contribution in [0.4, 0.5) is 5.69 Å². The van der Waals surface area contributed by atoms with Gasteiger partial charge in [0.15, 0.2) is 0 Å². The van der Waals surface area contributed by atoms with Crippen LogP contribution in [0.1, 0.15) is 19.8 Å². The molecule has 0 heterocycles. The first kappa shape index (κ1) is 17.0. The van der Waals surface area contributed by atoms with Gasteiger partial charge in [-0.25, -0.2) is 4.79 Å². The fraction of sp³-hybridized carbons (Fsp3) is 0.385. The molecule has 0 spiro atoms. The van der Waals surface area contributed by atoms with Crippen molar-refractivity contribution in [1.29, 1.82) is 0 Å². The van der Waals surface area contributed by atoms with E-state index in [0.717, 1.165) is 0 Å². The summed E-state index contributed by atoms with van der Waals surface area (Å²) in [6, 6.07) is 4.95. The van der Waals surface area contributed by atoms with Gasteiger partial charge >= 0.3 is 5.97 Å². The van der Waals surface area contributed by atoms with Crippen LogP contribution in [0, 0.1) is 10.1 Å². The Morgan fingerprint density at radius 3 is 2.48 bits per heavy atom. The van der Waals surface area contributed by atoms with Crippen molar-refractivity contribution in [3.8, 4) is 0 Å². The Balaban J connectivity index is 2.48. The molecule has 0 saturated heterocycles. The van der Waals surface area contributed by atoms with Crippen LogP contribution in [0.5, 0.6) is 0 Å². The second kappa shape index (κ2) is 8.25. The van der Waals surface area contributed by atoms with Crippen LogP contribution in [0.15, 0.2) is 29.2 Å². The first-order valence-electron chi connectivity index (χ1n) is 6.33. The zero-order chi connectivity index (χ0) is 15.8. The minimum atomic E-state index is -1.05. The Hall–Kier alpha value is -2.09. The average molecular weight is 312 g/mol. The first-order chi connectivity index (χ1) is 9.93.